The van der Waals surface area contributed by atoms with E-state index in [1.54, 1.807) is 14.1 Å². The molecule has 22 heavy (non-hydrogen) atoms. The molecule has 1 aromatic rings. The van der Waals surface area contributed by atoms with Gasteiger partial charge in [-0.15, -0.1) is 0 Å². The number of halogens is 1. The molecule has 1 aliphatic rings. The highest BCUT2D eigenvalue weighted by molar-refractivity contribution is 6.31. The molecular formula is C15H19ClN2O4. The van der Waals surface area contributed by atoms with Crippen molar-refractivity contribution < 1.29 is 19.4 Å². The summed E-state index contributed by atoms with van der Waals surface area (Å²) in [5, 5.41) is 12.7. The molecule has 2 rings (SSSR count). The molecule has 1 aliphatic heterocycles. The summed E-state index contributed by atoms with van der Waals surface area (Å²) in [7, 11) is 3.37. The van der Waals surface area contributed by atoms with Gasteiger partial charge in [-0.3, -0.25) is 9.59 Å². The molecule has 0 bridgehead atoms. The lowest BCUT2D eigenvalue weighted by molar-refractivity contribution is -0.140. The van der Waals surface area contributed by atoms with Crippen molar-refractivity contribution in [3.05, 3.63) is 28.8 Å². The second-order valence-electron chi connectivity index (χ2n) is 5.43. The molecule has 0 saturated carbocycles. The topological polar surface area (TPSA) is 78.9 Å². The highest BCUT2D eigenvalue weighted by Gasteiger charge is 2.31. The number of phenols is 1. The maximum absolute atomic E-state index is 12.0. The lowest BCUT2D eigenvalue weighted by Crippen LogP contribution is -2.36. The van der Waals surface area contributed by atoms with Gasteiger partial charge in [-0.1, -0.05) is 11.6 Å². The molecule has 6 nitrogen and oxygen atoms in total. The molecule has 0 aromatic heterocycles. The van der Waals surface area contributed by atoms with E-state index >= 15 is 0 Å². The summed E-state index contributed by atoms with van der Waals surface area (Å²) in [6.45, 7) is 0.280. The first-order valence-corrected chi connectivity index (χ1v) is 7.39. The number of ether oxygens (including phenoxy) is 1. The summed E-state index contributed by atoms with van der Waals surface area (Å²) in [4.78, 5) is 25.3. The second-order valence-corrected chi connectivity index (χ2v) is 5.86. The molecule has 120 valence electrons. The average molecular weight is 327 g/mol. The van der Waals surface area contributed by atoms with Crippen LogP contribution >= 0.6 is 11.6 Å². The first-order valence-electron chi connectivity index (χ1n) is 7.02. The molecule has 2 atom stereocenters. The molecule has 1 heterocycles. The van der Waals surface area contributed by atoms with E-state index in [4.69, 9.17) is 16.3 Å². The number of aromatic hydroxyl groups is 1. The van der Waals surface area contributed by atoms with Gasteiger partial charge in [0.2, 0.25) is 0 Å². The fraction of sp³-hybridized carbons (Fsp3) is 0.467. The fourth-order valence-corrected chi connectivity index (χ4v) is 2.49. The van der Waals surface area contributed by atoms with Crippen LogP contribution in [0.5, 0.6) is 5.75 Å². The van der Waals surface area contributed by atoms with E-state index in [0.717, 1.165) is 0 Å². The summed E-state index contributed by atoms with van der Waals surface area (Å²) >= 11 is 5.81. The minimum atomic E-state index is -0.448. The Balaban J connectivity index is 1.87. The van der Waals surface area contributed by atoms with Crippen molar-refractivity contribution >= 4 is 23.4 Å². The van der Waals surface area contributed by atoms with Crippen LogP contribution in [0.25, 0.3) is 0 Å². The molecule has 2 amide bonds. The Bertz CT molecular complexity index is 577. The molecular weight excluding hydrogens is 308 g/mol. The van der Waals surface area contributed by atoms with E-state index in [2.05, 4.69) is 5.32 Å². The number of rotatable bonds is 4. The number of amides is 2. The van der Waals surface area contributed by atoms with Crippen molar-refractivity contribution in [2.45, 2.75) is 25.0 Å². The maximum atomic E-state index is 12.0. The number of nitrogens with one attached hydrogen (secondary N) is 1. The van der Waals surface area contributed by atoms with Gasteiger partial charge in [0.05, 0.1) is 11.7 Å². The Morgan fingerprint density at radius 2 is 2.14 bits per heavy atom. The summed E-state index contributed by atoms with van der Waals surface area (Å²) in [5.74, 6) is -0.623. The van der Waals surface area contributed by atoms with Gasteiger partial charge in [0.15, 0.2) is 0 Å². The van der Waals surface area contributed by atoms with Crippen LogP contribution in [-0.4, -0.2) is 54.7 Å². The molecule has 1 fully saturated rings. The Morgan fingerprint density at radius 3 is 2.82 bits per heavy atom. The number of hydrogen-bond donors (Lipinski definition) is 2. The van der Waals surface area contributed by atoms with E-state index in [0.29, 0.717) is 17.9 Å². The minimum absolute atomic E-state index is 0.0682. The van der Waals surface area contributed by atoms with Gasteiger partial charge in [-0.05, 0) is 31.0 Å². The third-order valence-corrected chi connectivity index (χ3v) is 3.75. The van der Waals surface area contributed by atoms with E-state index in [-0.39, 0.29) is 29.9 Å². The number of phenolic OH excluding ortho intramolecular Hbond substituents is 1. The van der Waals surface area contributed by atoms with Gasteiger partial charge < -0.3 is 20.1 Å². The van der Waals surface area contributed by atoms with Crippen molar-refractivity contribution in [3.63, 3.8) is 0 Å². The van der Waals surface area contributed by atoms with E-state index in [1.807, 2.05) is 0 Å². The van der Waals surface area contributed by atoms with E-state index < -0.39 is 12.0 Å². The minimum Gasteiger partial charge on any atom is -0.507 e. The zero-order valence-corrected chi connectivity index (χ0v) is 13.3. The van der Waals surface area contributed by atoms with Crippen LogP contribution in [0.1, 0.15) is 23.2 Å². The molecule has 0 aliphatic carbocycles. The molecule has 1 aromatic carbocycles. The summed E-state index contributed by atoms with van der Waals surface area (Å²) < 4.78 is 5.63. The van der Waals surface area contributed by atoms with Gasteiger partial charge in [-0.25, -0.2) is 0 Å². The zero-order chi connectivity index (χ0) is 16.3. The number of likely N-dealkylation sites (N-methyl/N-ethyl adjacent to an activating group) is 1. The van der Waals surface area contributed by atoms with Gasteiger partial charge in [-0.2, -0.15) is 0 Å². The molecule has 1 saturated heterocycles. The van der Waals surface area contributed by atoms with E-state index in [9.17, 15) is 14.7 Å². The van der Waals surface area contributed by atoms with Crippen molar-refractivity contribution in [1.29, 1.82) is 0 Å². The predicted molar refractivity (Wildman–Crippen MR) is 82.0 cm³/mol. The Labute approximate surface area is 134 Å². The highest BCUT2D eigenvalue weighted by atomic mass is 35.5. The molecule has 7 heteroatoms. The van der Waals surface area contributed by atoms with Crippen molar-refractivity contribution in [1.82, 2.24) is 10.2 Å². The zero-order valence-electron chi connectivity index (χ0n) is 12.5. The quantitative estimate of drug-likeness (QED) is 0.877. The first kappa shape index (κ1) is 16.6. The lowest BCUT2D eigenvalue weighted by Gasteiger charge is -2.17. The van der Waals surface area contributed by atoms with Gasteiger partial charge in [0, 0.05) is 25.7 Å². The molecule has 0 radical (unpaired) electrons. The average Bonchev–Trinajstić information content (AvgIpc) is 2.95. The van der Waals surface area contributed by atoms with Crippen LogP contribution in [0, 0.1) is 0 Å². The Kier molecular flexibility index (Phi) is 5.26. The second kappa shape index (κ2) is 6.98. The summed E-state index contributed by atoms with van der Waals surface area (Å²) in [5.41, 5.74) is 0.117. The van der Waals surface area contributed by atoms with Gasteiger partial charge in [0.1, 0.15) is 11.9 Å². The lowest BCUT2D eigenvalue weighted by atomic mass is 10.1. The van der Waals surface area contributed by atoms with Gasteiger partial charge in [0.25, 0.3) is 11.8 Å². The van der Waals surface area contributed by atoms with Crippen molar-refractivity contribution in [2.24, 2.45) is 0 Å². The Hall–Kier alpha value is -1.79. The van der Waals surface area contributed by atoms with Crippen molar-refractivity contribution in [3.8, 4) is 5.75 Å². The smallest absolute Gasteiger partial charge is 0.255 e. The molecule has 0 spiro atoms. The van der Waals surface area contributed by atoms with Crippen LogP contribution < -0.4 is 5.32 Å². The maximum Gasteiger partial charge on any atom is 0.255 e. The van der Waals surface area contributed by atoms with Crippen LogP contribution in [0.15, 0.2) is 18.2 Å². The molecule has 2 N–H and O–H groups in total. The fourth-order valence-electron chi connectivity index (χ4n) is 2.32. The van der Waals surface area contributed by atoms with E-state index in [1.165, 1.54) is 23.1 Å². The largest absolute Gasteiger partial charge is 0.507 e. The number of carbonyl (C=O) groups is 2. The first-order chi connectivity index (χ1) is 10.4. The summed E-state index contributed by atoms with van der Waals surface area (Å²) in [6.07, 6.45) is 0.683. The Morgan fingerprint density at radius 1 is 1.41 bits per heavy atom. The normalized spacial score (nSPS) is 20.7. The third kappa shape index (κ3) is 3.90. The van der Waals surface area contributed by atoms with Crippen LogP contribution in [0.2, 0.25) is 5.02 Å². The number of carbonyl (C=O) groups excluding carboxylic acids is 2. The standard InChI is InChI=1S/C15H19ClN2O4/c1-18(2)15(21)13-6-4-10(22-13)8-17-14(20)11-7-9(16)3-5-12(11)19/h3,5,7,10,13,19H,4,6,8H2,1-2H3,(H,17,20). The highest BCUT2D eigenvalue weighted by Crippen LogP contribution is 2.23. The van der Waals surface area contributed by atoms with Crippen molar-refractivity contribution in [2.75, 3.05) is 20.6 Å². The monoisotopic (exact) mass is 326 g/mol. The third-order valence-electron chi connectivity index (χ3n) is 3.52. The summed E-state index contributed by atoms with van der Waals surface area (Å²) in [6, 6.07) is 4.28. The van der Waals surface area contributed by atoms with Crippen LogP contribution in [0.3, 0.4) is 0 Å². The SMILES string of the molecule is CN(C)C(=O)C1CCC(CNC(=O)c2cc(Cl)ccc2O)O1. The van der Waals surface area contributed by atoms with Crippen LogP contribution in [-0.2, 0) is 9.53 Å². The number of benzene rings is 1. The number of hydrogen-bond acceptors (Lipinski definition) is 4. The predicted octanol–water partition coefficient (Wildman–Crippen LogP) is 1.41. The number of nitrogens with zero attached hydrogens (tertiary/aromatic N) is 1. The van der Waals surface area contributed by atoms with Crippen LogP contribution in [0.4, 0.5) is 0 Å². The van der Waals surface area contributed by atoms with Gasteiger partial charge >= 0.3 is 0 Å². The molecule has 2 unspecified atom stereocenters.